The first-order valence-corrected chi connectivity index (χ1v) is 11.3. The number of halogens is 1. The highest BCUT2D eigenvalue weighted by Gasteiger charge is 2.21. The predicted molar refractivity (Wildman–Crippen MR) is 121 cm³/mol. The zero-order valence-corrected chi connectivity index (χ0v) is 18.3. The number of nitrogens with zero attached hydrogens (tertiary/aromatic N) is 4. The first kappa shape index (κ1) is 19.9. The fraction of sp³-hybridized carbons (Fsp3) is 0.227. The molecule has 0 bridgehead atoms. The third-order valence-electron chi connectivity index (χ3n) is 4.88. The second-order valence-electron chi connectivity index (χ2n) is 6.76. The van der Waals surface area contributed by atoms with Crippen molar-refractivity contribution in [3.05, 3.63) is 71.2 Å². The molecule has 0 unspecified atom stereocenters. The second-order valence-corrected chi connectivity index (χ2v) is 8.67. The van der Waals surface area contributed by atoms with Crippen LogP contribution in [0.5, 0.6) is 0 Å². The molecule has 0 N–H and O–H groups in total. The van der Waals surface area contributed by atoms with Gasteiger partial charge in [-0.25, -0.2) is 0 Å². The lowest BCUT2D eigenvalue weighted by Gasteiger charge is -2.36. The lowest BCUT2D eigenvalue weighted by atomic mass is 10.1. The van der Waals surface area contributed by atoms with E-state index in [1.54, 1.807) is 0 Å². The van der Waals surface area contributed by atoms with Gasteiger partial charge in [0, 0.05) is 41.9 Å². The van der Waals surface area contributed by atoms with Gasteiger partial charge in [-0.2, -0.15) is 0 Å². The summed E-state index contributed by atoms with van der Waals surface area (Å²) in [5.41, 5.74) is 3.06. The van der Waals surface area contributed by atoms with Gasteiger partial charge >= 0.3 is 0 Å². The minimum atomic E-state index is 0.154. The molecule has 1 amide bonds. The highest BCUT2D eigenvalue weighted by molar-refractivity contribution is 9.10. The Bertz CT molecular complexity index is 943. The van der Waals surface area contributed by atoms with Crippen LogP contribution >= 0.6 is 27.7 Å². The van der Waals surface area contributed by atoms with Gasteiger partial charge < -0.3 is 9.80 Å². The zero-order chi connectivity index (χ0) is 20.1. The lowest BCUT2D eigenvalue weighted by Crippen LogP contribution is -2.49. The molecule has 2 aromatic carbocycles. The minimum absolute atomic E-state index is 0.154. The molecular weight excluding hydrogens is 448 g/mol. The number of benzene rings is 2. The molecule has 0 saturated carbocycles. The Kier molecular flexibility index (Phi) is 6.46. The molecule has 2 heterocycles. The molecule has 0 aliphatic carbocycles. The van der Waals surface area contributed by atoms with Crippen molar-refractivity contribution in [1.82, 2.24) is 15.1 Å². The summed E-state index contributed by atoms with van der Waals surface area (Å²) >= 11 is 4.87. The number of rotatable bonds is 5. The number of hydrogen-bond acceptors (Lipinski definition) is 5. The van der Waals surface area contributed by atoms with E-state index >= 15 is 0 Å². The van der Waals surface area contributed by atoms with Crippen molar-refractivity contribution in [2.45, 2.75) is 5.03 Å². The smallest absolute Gasteiger partial charge is 0.233 e. The van der Waals surface area contributed by atoms with Gasteiger partial charge in [0.25, 0.3) is 0 Å². The Labute approximate surface area is 183 Å². The molecule has 1 fully saturated rings. The van der Waals surface area contributed by atoms with E-state index in [2.05, 4.69) is 43.2 Å². The zero-order valence-electron chi connectivity index (χ0n) is 15.9. The number of amides is 1. The Morgan fingerprint density at radius 3 is 2.28 bits per heavy atom. The molecular formula is C22H21BrN4OS. The van der Waals surface area contributed by atoms with Gasteiger partial charge in [-0.1, -0.05) is 58.0 Å². The van der Waals surface area contributed by atoms with E-state index in [4.69, 9.17) is 0 Å². The van der Waals surface area contributed by atoms with Gasteiger partial charge in [0.1, 0.15) is 5.03 Å². The summed E-state index contributed by atoms with van der Waals surface area (Å²) in [5.74, 6) is 0.541. The van der Waals surface area contributed by atoms with Gasteiger partial charge in [0.2, 0.25) is 5.91 Å². The molecule has 5 nitrogen and oxygen atoms in total. The van der Waals surface area contributed by atoms with Gasteiger partial charge in [-0.05, 0) is 36.4 Å². The van der Waals surface area contributed by atoms with Crippen molar-refractivity contribution in [2.24, 2.45) is 0 Å². The number of carbonyl (C=O) groups is 1. The number of thioether (sulfide) groups is 1. The standard InChI is InChI=1S/C22H21BrN4OS/c23-18-8-6-17(7-9-18)20-10-11-21(25-24-20)29-16-22(28)27-14-12-26(13-15-27)19-4-2-1-3-5-19/h1-11H,12-16H2. The summed E-state index contributed by atoms with van der Waals surface area (Å²) in [6, 6.07) is 22.2. The summed E-state index contributed by atoms with van der Waals surface area (Å²) in [4.78, 5) is 16.8. The quantitative estimate of drug-likeness (QED) is 0.521. The molecule has 3 aromatic rings. The molecule has 0 atom stereocenters. The third kappa shape index (κ3) is 5.16. The van der Waals surface area contributed by atoms with E-state index in [1.807, 2.05) is 59.5 Å². The largest absolute Gasteiger partial charge is 0.368 e. The van der Waals surface area contributed by atoms with Crippen LogP contribution in [-0.2, 0) is 4.79 Å². The fourth-order valence-electron chi connectivity index (χ4n) is 3.25. The van der Waals surface area contributed by atoms with E-state index in [1.165, 1.54) is 17.4 Å². The summed E-state index contributed by atoms with van der Waals surface area (Å²) in [5, 5.41) is 9.33. The average molecular weight is 469 g/mol. The maximum absolute atomic E-state index is 12.6. The van der Waals surface area contributed by atoms with Crippen molar-refractivity contribution in [2.75, 3.05) is 36.8 Å². The van der Waals surface area contributed by atoms with Crippen LogP contribution < -0.4 is 4.90 Å². The maximum atomic E-state index is 12.6. The topological polar surface area (TPSA) is 49.3 Å². The molecule has 1 aliphatic heterocycles. The molecule has 1 aromatic heterocycles. The third-order valence-corrected chi connectivity index (χ3v) is 6.31. The van der Waals surface area contributed by atoms with Crippen LogP contribution in [0.4, 0.5) is 5.69 Å². The second kappa shape index (κ2) is 9.41. The first-order chi connectivity index (χ1) is 14.2. The van der Waals surface area contributed by atoms with Crippen molar-refractivity contribution in [3.63, 3.8) is 0 Å². The molecule has 7 heteroatoms. The highest BCUT2D eigenvalue weighted by atomic mass is 79.9. The average Bonchev–Trinajstić information content (AvgIpc) is 2.79. The molecule has 148 valence electrons. The summed E-state index contributed by atoms with van der Waals surface area (Å²) in [6.45, 7) is 3.23. The number of hydrogen-bond donors (Lipinski definition) is 0. The highest BCUT2D eigenvalue weighted by Crippen LogP contribution is 2.22. The van der Waals surface area contributed by atoms with Crippen LogP contribution in [0.1, 0.15) is 0 Å². The van der Waals surface area contributed by atoms with Crippen LogP contribution in [0.25, 0.3) is 11.3 Å². The molecule has 0 radical (unpaired) electrons. The van der Waals surface area contributed by atoms with Gasteiger partial charge in [0.15, 0.2) is 0 Å². The Hall–Kier alpha value is -2.38. The van der Waals surface area contributed by atoms with E-state index in [9.17, 15) is 4.79 Å². The van der Waals surface area contributed by atoms with Crippen molar-refractivity contribution < 1.29 is 4.79 Å². The van der Waals surface area contributed by atoms with Crippen LogP contribution in [0.3, 0.4) is 0 Å². The van der Waals surface area contributed by atoms with Gasteiger partial charge in [-0.3, -0.25) is 4.79 Å². The first-order valence-electron chi connectivity index (χ1n) is 9.49. The van der Waals surface area contributed by atoms with E-state index in [-0.39, 0.29) is 5.91 Å². The van der Waals surface area contributed by atoms with Crippen LogP contribution in [0, 0.1) is 0 Å². The molecule has 1 aliphatic rings. The molecule has 4 rings (SSSR count). The number of piperazine rings is 1. The van der Waals surface area contributed by atoms with Crippen molar-refractivity contribution in [1.29, 1.82) is 0 Å². The maximum Gasteiger partial charge on any atom is 0.233 e. The van der Waals surface area contributed by atoms with E-state index < -0.39 is 0 Å². The summed E-state index contributed by atoms with van der Waals surface area (Å²) in [7, 11) is 0. The molecule has 1 saturated heterocycles. The van der Waals surface area contributed by atoms with Crippen LogP contribution in [0.2, 0.25) is 0 Å². The molecule has 0 spiro atoms. The lowest BCUT2D eigenvalue weighted by molar-refractivity contribution is -0.128. The van der Waals surface area contributed by atoms with E-state index in [0.717, 1.165) is 46.9 Å². The monoisotopic (exact) mass is 468 g/mol. The number of para-hydroxylation sites is 1. The Morgan fingerprint density at radius 1 is 0.897 bits per heavy atom. The number of anilines is 1. The van der Waals surface area contributed by atoms with Gasteiger partial charge in [-0.15, -0.1) is 10.2 Å². The van der Waals surface area contributed by atoms with E-state index in [0.29, 0.717) is 5.75 Å². The normalized spacial score (nSPS) is 14.1. The molecule has 29 heavy (non-hydrogen) atoms. The Balaban J connectivity index is 1.27. The Morgan fingerprint density at radius 2 is 1.62 bits per heavy atom. The van der Waals surface area contributed by atoms with Crippen LogP contribution in [0.15, 0.2) is 76.2 Å². The summed E-state index contributed by atoms with van der Waals surface area (Å²) < 4.78 is 1.03. The fourth-order valence-corrected chi connectivity index (χ4v) is 4.23. The number of aromatic nitrogens is 2. The predicted octanol–water partition coefficient (Wildman–Crippen LogP) is 4.35. The SMILES string of the molecule is O=C(CSc1ccc(-c2ccc(Br)cc2)nn1)N1CCN(c2ccccc2)CC1. The van der Waals surface area contributed by atoms with Crippen molar-refractivity contribution in [3.8, 4) is 11.3 Å². The minimum Gasteiger partial charge on any atom is -0.368 e. The van der Waals surface area contributed by atoms with Crippen LogP contribution in [-0.4, -0.2) is 52.9 Å². The summed E-state index contributed by atoms with van der Waals surface area (Å²) in [6.07, 6.45) is 0. The number of carbonyl (C=O) groups excluding carboxylic acids is 1. The van der Waals surface area contributed by atoms with Gasteiger partial charge in [0.05, 0.1) is 11.4 Å². The van der Waals surface area contributed by atoms with Crippen molar-refractivity contribution >= 4 is 39.3 Å².